The van der Waals surface area contributed by atoms with Crippen LogP contribution in [0.2, 0.25) is 0 Å². The summed E-state index contributed by atoms with van der Waals surface area (Å²) in [7, 11) is -4.07. The number of carbonyl (C=O) groups excluding carboxylic acids is 2. The minimum atomic E-state index is -4.07. The Morgan fingerprint density at radius 3 is 1.59 bits per heavy atom. The van der Waals surface area contributed by atoms with E-state index in [0.717, 1.165) is 12.2 Å². The summed E-state index contributed by atoms with van der Waals surface area (Å²) in [5.41, 5.74) is 0. The lowest BCUT2D eigenvalue weighted by atomic mass is 10.2. The van der Waals surface area contributed by atoms with Gasteiger partial charge < -0.3 is 14.4 Å². The summed E-state index contributed by atoms with van der Waals surface area (Å²) in [4.78, 5) is 31.6. The van der Waals surface area contributed by atoms with Crippen molar-refractivity contribution in [1.29, 1.82) is 0 Å². The van der Waals surface area contributed by atoms with Crippen LogP contribution < -0.4 is 0 Å². The molecule has 0 aliphatic carbocycles. The van der Waals surface area contributed by atoms with E-state index in [-0.39, 0.29) is 25.4 Å². The first-order valence-corrected chi connectivity index (χ1v) is 10.5. The highest BCUT2D eigenvalue weighted by atomic mass is 31.2. The fraction of sp³-hybridized carbons (Fsp3) is 0.667. The molecule has 2 unspecified atom stereocenters. The van der Waals surface area contributed by atoms with E-state index < -0.39 is 19.8 Å². The van der Waals surface area contributed by atoms with Crippen LogP contribution in [-0.4, -0.2) is 42.3 Å². The summed E-state index contributed by atoms with van der Waals surface area (Å²) >= 11 is 0. The predicted molar refractivity (Wildman–Crippen MR) is 101 cm³/mol. The number of carbonyl (C=O) groups is 2. The molecule has 0 spiro atoms. The van der Waals surface area contributed by atoms with Gasteiger partial charge in [0.1, 0.15) is 0 Å². The molecule has 0 aromatic heterocycles. The topological polar surface area (TPSA) is 108 Å². The van der Waals surface area contributed by atoms with Crippen molar-refractivity contribution in [3.05, 3.63) is 25.3 Å². The number of esters is 2. The van der Waals surface area contributed by atoms with Gasteiger partial charge in [-0.25, -0.2) is 14.2 Å². The first kappa shape index (κ1) is 25.5. The summed E-state index contributed by atoms with van der Waals surface area (Å²) in [6.07, 6.45) is 5.37. The van der Waals surface area contributed by atoms with E-state index >= 15 is 0 Å². The van der Waals surface area contributed by atoms with Gasteiger partial charge in [-0.05, 0) is 52.4 Å². The van der Waals surface area contributed by atoms with Crippen molar-refractivity contribution in [3.63, 3.8) is 0 Å². The molecule has 0 heterocycles. The Bertz CT molecular complexity index is 477. The molecule has 0 aromatic rings. The van der Waals surface area contributed by atoms with Gasteiger partial charge >= 0.3 is 19.8 Å². The van der Waals surface area contributed by atoms with E-state index in [9.17, 15) is 19.0 Å². The molecule has 8 nitrogen and oxygen atoms in total. The van der Waals surface area contributed by atoms with E-state index in [1.54, 1.807) is 13.8 Å². The molecule has 0 aliphatic rings. The molecule has 0 aromatic carbocycles. The Morgan fingerprint density at radius 2 is 1.26 bits per heavy atom. The number of hydrogen-bond acceptors (Lipinski definition) is 7. The maximum Gasteiger partial charge on any atom is 0.472 e. The van der Waals surface area contributed by atoms with Crippen molar-refractivity contribution in [2.75, 3.05) is 13.2 Å². The van der Waals surface area contributed by atoms with Gasteiger partial charge in [0.15, 0.2) is 0 Å². The first-order chi connectivity index (χ1) is 12.7. The second-order valence-corrected chi connectivity index (χ2v) is 7.48. The average molecular weight is 406 g/mol. The zero-order chi connectivity index (χ0) is 20.7. The maximum atomic E-state index is 11.7. The van der Waals surface area contributed by atoms with Crippen molar-refractivity contribution in [1.82, 2.24) is 0 Å². The van der Waals surface area contributed by atoms with Crippen LogP contribution in [0.1, 0.15) is 52.4 Å². The standard InChI is InChI=1S/C18H31O8P/c1-5-17(19)25-15(3)11-7-9-13-23-27(21,22)24-14-10-8-12-16(4)26-18(20)6-2/h5-6,15-16H,1-2,7-14H2,3-4H3,(H,21,22). The largest absolute Gasteiger partial charge is 0.472 e. The third-order valence-corrected chi connectivity index (χ3v) is 4.50. The maximum absolute atomic E-state index is 11.7. The van der Waals surface area contributed by atoms with Gasteiger partial charge in [0.2, 0.25) is 0 Å². The monoisotopic (exact) mass is 406 g/mol. The van der Waals surface area contributed by atoms with Gasteiger partial charge in [-0.3, -0.25) is 9.05 Å². The van der Waals surface area contributed by atoms with Crippen LogP contribution in [0, 0.1) is 0 Å². The van der Waals surface area contributed by atoms with E-state index in [1.807, 2.05) is 0 Å². The van der Waals surface area contributed by atoms with Crippen LogP contribution in [-0.2, 0) is 32.7 Å². The number of hydrogen-bond donors (Lipinski definition) is 1. The molecule has 0 rings (SSSR count). The van der Waals surface area contributed by atoms with E-state index in [2.05, 4.69) is 13.2 Å². The highest BCUT2D eigenvalue weighted by Crippen LogP contribution is 2.43. The van der Waals surface area contributed by atoms with Crippen LogP contribution in [0.4, 0.5) is 0 Å². The first-order valence-electron chi connectivity index (χ1n) is 8.98. The lowest BCUT2D eigenvalue weighted by Gasteiger charge is -2.14. The molecule has 0 saturated heterocycles. The normalized spacial score (nSPS) is 15.2. The molecule has 156 valence electrons. The molecule has 0 amide bonds. The summed E-state index contributed by atoms with van der Waals surface area (Å²) < 4.78 is 31.5. The molecule has 1 N–H and O–H groups in total. The van der Waals surface area contributed by atoms with Gasteiger partial charge in [0, 0.05) is 12.2 Å². The highest BCUT2D eigenvalue weighted by molar-refractivity contribution is 7.47. The third-order valence-electron chi connectivity index (χ3n) is 3.49. The number of rotatable bonds is 16. The van der Waals surface area contributed by atoms with Crippen LogP contribution in [0.5, 0.6) is 0 Å². The molecule has 0 bridgehead atoms. The van der Waals surface area contributed by atoms with Gasteiger partial charge in [0.25, 0.3) is 0 Å². The molecule has 0 radical (unpaired) electrons. The van der Waals surface area contributed by atoms with Gasteiger partial charge in [0.05, 0.1) is 25.4 Å². The Balaban J connectivity index is 3.72. The Morgan fingerprint density at radius 1 is 0.889 bits per heavy atom. The summed E-state index contributed by atoms with van der Waals surface area (Å²) in [6, 6.07) is 0. The van der Waals surface area contributed by atoms with Crippen molar-refractivity contribution in [2.45, 2.75) is 64.6 Å². The summed E-state index contributed by atoms with van der Waals surface area (Å²) in [5.74, 6) is -0.944. The average Bonchev–Trinajstić information content (AvgIpc) is 2.60. The molecule has 0 saturated carbocycles. The van der Waals surface area contributed by atoms with E-state index in [0.29, 0.717) is 38.5 Å². The number of phosphoric ester groups is 1. The van der Waals surface area contributed by atoms with Crippen molar-refractivity contribution >= 4 is 19.8 Å². The zero-order valence-corrected chi connectivity index (χ0v) is 17.0. The SMILES string of the molecule is C=CC(=O)OC(C)CCCCOP(=O)(O)OCCCCC(C)OC(=O)C=C. The Labute approximate surface area is 161 Å². The summed E-state index contributed by atoms with van der Waals surface area (Å²) in [5, 5.41) is 0. The van der Waals surface area contributed by atoms with Crippen molar-refractivity contribution in [2.24, 2.45) is 0 Å². The second-order valence-electron chi connectivity index (χ2n) is 6.03. The van der Waals surface area contributed by atoms with Gasteiger partial charge in [-0.1, -0.05) is 13.2 Å². The van der Waals surface area contributed by atoms with Crippen molar-refractivity contribution < 1.29 is 37.6 Å². The lowest BCUT2D eigenvalue weighted by Crippen LogP contribution is -2.13. The molecule has 2 atom stereocenters. The fourth-order valence-corrected chi connectivity index (χ4v) is 2.87. The Hall–Kier alpha value is -1.47. The predicted octanol–water partition coefficient (Wildman–Crippen LogP) is 3.70. The smallest absolute Gasteiger partial charge is 0.460 e. The minimum Gasteiger partial charge on any atom is -0.460 e. The van der Waals surface area contributed by atoms with Crippen LogP contribution in [0.25, 0.3) is 0 Å². The number of phosphoric acid groups is 1. The number of ether oxygens (including phenoxy) is 2. The van der Waals surface area contributed by atoms with Gasteiger partial charge in [-0.15, -0.1) is 0 Å². The molecule has 0 fully saturated rings. The third kappa shape index (κ3) is 15.3. The molecule has 9 heteroatoms. The molecule has 27 heavy (non-hydrogen) atoms. The van der Waals surface area contributed by atoms with Crippen LogP contribution >= 0.6 is 7.82 Å². The van der Waals surface area contributed by atoms with E-state index in [1.165, 1.54) is 0 Å². The Kier molecular flexibility index (Phi) is 13.8. The minimum absolute atomic E-state index is 0.0739. The molecular weight excluding hydrogens is 375 g/mol. The van der Waals surface area contributed by atoms with E-state index in [4.69, 9.17) is 18.5 Å². The van der Waals surface area contributed by atoms with Crippen LogP contribution in [0.15, 0.2) is 25.3 Å². The number of unbranched alkanes of at least 4 members (excludes halogenated alkanes) is 2. The van der Waals surface area contributed by atoms with Crippen LogP contribution in [0.3, 0.4) is 0 Å². The van der Waals surface area contributed by atoms with Gasteiger partial charge in [-0.2, -0.15) is 0 Å². The second kappa shape index (κ2) is 14.6. The highest BCUT2D eigenvalue weighted by Gasteiger charge is 2.20. The molecule has 0 aliphatic heterocycles. The molecular formula is C18H31O8P. The quantitative estimate of drug-likeness (QED) is 0.179. The van der Waals surface area contributed by atoms with Crippen molar-refractivity contribution in [3.8, 4) is 0 Å². The lowest BCUT2D eigenvalue weighted by molar-refractivity contribution is -0.143. The fourth-order valence-electron chi connectivity index (χ4n) is 2.08. The zero-order valence-electron chi connectivity index (χ0n) is 16.1. The summed E-state index contributed by atoms with van der Waals surface area (Å²) in [6.45, 7) is 10.3.